The van der Waals surface area contributed by atoms with E-state index in [9.17, 15) is 4.79 Å². The smallest absolute Gasteiger partial charge is 0.255 e. The Morgan fingerprint density at radius 3 is 2.57 bits per heavy atom. The zero-order valence-corrected chi connectivity index (χ0v) is 13.1. The molecule has 1 aromatic heterocycles. The molecule has 0 atom stereocenters. The third-order valence-corrected chi connectivity index (χ3v) is 4.96. The molecular formula is C16H17ClN2OS. The fourth-order valence-electron chi connectivity index (χ4n) is 2.78. The van der Waals surface area contributed by atoms with Crippen molar-refractivity contribution < 1.29 is 4.79 Å². The van der Waals surface area contributed by atoms with Crippen molar-refractivity contribution >= 4 is 33.8 Å². The summed E-state index contributed by atoms with van der Waals surface area (Å²) in [6.07, 6.45) is 4.50. The lowest BCUT2D eigenvalue weighted by molar-refractivity contribution is 0.0940. The monoisotopic (exact) mass is 320 g/mol. The van der Waals surface area contributed by atoms with Crippen LogP contribution in [-0.4, -0.2) is 11.9 Å². The van der Waals surface area contributed by atoms with Gasteiger partial charge in [-0.25, -0.2) is 0 Å². The summed E-state index contributed by atoms with van der Waals surface area (Å²) in [5.41, 5.74) is 8.45. The van der Waals surface area contributed by atoms with Crippen LogP contribution in [0.3, 0.4) is 0 Å². The number of carbonyl (C=O) groups excluding carboxylic acids is 1. The number of benzene rings is 1. The number of nitrogens with one attached hydrogen (secondary N) is 1. The van der Waals surface area contributed by atoms with Crippen molar-refractivity contribution in [3.63, 3.8) is 0 Å². The largest absolute Gasteiger partial charge is 0.390 e. The standard InChI is InChI=1S/C16H17ClN2OS/c17-11-7-5-10(6-8-11)13-9-21-15(18)14(13)16(20)19-12-3-1-2-4-12/h5-9,12H,1-4,18H2,(H,19,20). The Balaban J connectivity index is 1.89. The minimum absolute atomic E-state index is 0.0643. The second-order valence-corrected chi connectivity index (χ2v) is 6.70. The van der Waals surface area contributed by atoms with Crippen LogP contribution in [0.15, 0.2) is 29.6 Å². The van der Waals surface area contributed by atoms with Gasteiger partial charge in [-0.1, -0.05) is 36.6 Å². The van der Waals surface area contributed by atoms with Crippen LogP contribution in [0.25, 0.3) is 11.1 Å². The van der Waals surface area contributed by atoms with Gasteiger partial charge >= 0.3 is 0 Å². The minimum atomic E-state index is -0.0643. The van der Waals surface area contributed by atoms with E-state index < -0.39 is 0 Å². The van der Waals surface area contributed by atoms with E-state index in [1.54, 1.807) is 0 Å². The maximum Gasteiger partial charge on any atom is 0.255 e. The molecule has 110 valence electrons. The number of nitrogen functional groups attached to an aromatic ring is 1. The first-order valence-corrected chi connectivity index (χ1v) is 8.34. The molecule has 1 aromatic carbocycles. The van der Waals surface area contributed by atoms with Gasteiger partial charge in [-0.15, -0.1) is 11.3 Å². The predicted octanol–water partition coefficient (Wildman–Crippen LogP) is 4.32. The quantitative estimate of drug-likeness (QED) is 0.884. The molecule has 1 amide bonds. The van der Waals surface area contributed by atoms with Gasteiger partial charge in [-0.05, 0) is 30.5 Å². The van der Waals surface area contributed by atoms with E-state index in [4.69, 9.17) is 17.3 Å². The average Bonchev–Trinajstić information content (AvgIpc) is 3.09. The lowest BCUT2D eigenvalue weighted by atomic mass is 10.0. The van der Waals surface area contributed by atoms with Crippen LogP contribution in [0.4, 0.5) is 5.00 Å². The highest BCUT2D eigenvalue weighted by Gasteiger charge is 2.23. The molecule has 0 radical (unpaired) electrons. The molecule has 1 aliphatic carbocycles. The number of anilines is 1. The molecule has 3 N–H and O–H groups in total. The third-order valence-electron chi connectivity index (χ3n) is 3.89. The van der Waals surface area contributed by atoms with Gasteiger partial charge < -0.3 is 11.1 Å². The highest BCUT2D eigenvalue weighted by molar-refractivity contribution is 7.15. The lowest BCUT2D eigenvalue weighted by Crippen LogP contribution is -2.33. The van der Waals surface area contributed by atoms with Crippen LogP contribution in [-0.2, 0) is 0 Å². The summed E-state index contributed by atoms with van der Waals surface area (Å²) < 4.78 is 0. The number of halogens is 1. The van der Waals surface area contributed by atoms with Crippen molar-refractivity contribution in [1.29, 1.82) is 0 Å². The zero-order valence-electron chi connectivity index (χ0n) is 11.6. The fourth-order valence-corrected chi connectivity index (χ4v) is 3.72. The van der Waals surface area contributed by atoms with E-state index in [1.807, 2.05) is 29.6 Å². The first kappa shape index (κ1) is 14.4. The summed E-state index contributed by atoms with van der Waals surface area (Å²) in [6.45, 7) is 0. The molecule has 0 unspecified atom stereocenters. The van der Waals surface area contributed by atoms with Gasteiger partial charge in [-0.2, -0.15) is 0 Å². The Labute approximate surface area is 133 Å². The van der Waals surface area contributed by atoms with Gasteiger partial charge in [0.05, 0.1) is 10.6 Å². The Bertz CT molecular complexity index is 645. The second-order valence-electron chi connectivity index (χ2n) is 5.35. The molecule has 1 aliphatic rings. The van der Waals surface area contributed by atoms with Crippen LogP contribution in [0.5, 0.6) is 0 Å². The van der Waals surface area contributed by atoms with Crippen molar-refractivity contribution in [2.45, 2.75) is 31.7 Å². The SMILES string of the molecule is Nc1scc(-c2ccc(Cl)cc2)c1C(=O)NC1CCCC1. The summed E-state index contributed by atoms with van der Waals surface area (Å²) in [5, 5.41) is 6.28. The van der Waals surface area contributed by atoms with E-state index in [2.05, 4.69) is 5.32 Å². The number of hydrogen-bond donors (Lipinski definition) is 2. The van der Waals surface area contributed by atoms with E-state index in [-0.39, 0.29) is 11.9 Å². The van der Waals surface area contributed by atoms with E-state index in [0.717, 1.165) is 24.0 Å². The molecule has 2 aromatic rings. The maximum atomic E-state index is 12.5. The number of hydrogen-bond acceptors (Lipinski definition) is 3. The van der Waals surface area contributed by atoms with Crippen molar-refractivity contribution in [1.82, 2.24) is 5.32 Å². The maximum absolute atomic E-state index is 12.5. The molecule has 0 aliphatic heterocycles. The van der Waals surface area contributed by atoms with Crippen molar-refractivity contribution in [3.05, 3.63) is 40.2 Å². The van der Waals surface area contributed by atoms with E-state index >= 15 is 0 Å². The Hall–Kier alpha value is -1.52. The zero-order chi connectivity index (χ0) is 14.8. The molecule has 1 fully saturated rings. The summed E-state index contributed by atoms with van der Waals surface area (Å²) in [5.74, 6) is -0.0643. The summed E-state index contributed by atoms with van der Waals surface area (Å²) in [4.78, 5) is 12.5. The molecular weight excluding hydrogens is 304 g/mol. The molecule has 3 nitrogen and oxygen atoms in total. The number of amides is 1. The number of carbonyl (C=O) groups is 1. The number of rotatable bonds is 3. The summed E-state index contributed by atoms with van der Waals surface area (Å²) >= 11 is 7.32. The van der Waals surface area contributed by atoms with Crippen LogP contribution in [0, 0.1) is 0 Å². The average molecular weight is 321 g/mol. The second kappa shape index (κ2) is 6.08. The molecule has 3 rings (SSSR count). The first-order chi connectivity index (χ1) is 10.1. The van der Waals surface area contributed by atoms with Crippen LogP contribution in [0.1, 0.15) is 36.0 Å². The predicted molar refractivity (Wildman–Crippen MR) is 88.9 cm³/mol. The van der Waals surface area contributed by atoms with Gasteiger partial charge in [0.25, 0.3) is 5.91 Å². The van der Waals surface area contributed by atoms with Crippen molar-refractivity contribution in [2.75, 3.05) is 5.73 Å². The highest BCUT2D eigenvalue weighted by Crippen LogP contribution is 2.34. The molecule has 0 spiro atoms. The molecule has 21 heavy (non-hydrogen) atoms. The summed E-state index contributed by atoms with van der Waals surface area (Å²) in [7, 11) is 0. The number of nitrogens with two attached hydrogens (primary N) is 1. The highest BCUT2D eigenvalue weighted by atomic mass is 35.5. The minimum Gasteiger partial charge on any atom is -0.390 e. The van der Waals surface area contributed by atoms with Gasteiger partial charge in [0.1, 0.15) is 0 Å². The number of thiophene rings is 1. The Morgan fingerprint density at radius 2 is 1.90 bits per heavy atom. The van der Waals surface area contributed by atoms with Gasteiger partial charge in [0, 0.05) is 22.0 Å². The van der Waals surface area contributed by atoms with Crippen LogP contribution >= 0.6 is 22.9 Å². The normalized spacial score (nSPS) is 15.3. The summed E-state index contributed by atoms with van der Waals surface area (Å²) in [6, 6.07) is 7.76. The van der Waals surface area contributed by atoms with E-state index in [0.29, 0.717) is 15.6 Å². The lowest BCUT2D eigenvalue weighted by Gasteiger charge is -2.13. The Morgan fingerprint density at radius 1 is 1.24 bits per heavy atom. The van der Waals surface area contributed by atoms with Gasteiger partial charge in [0.15, 0.2) is 0 Å². The molecule has 5 heteroatoms. The van der Waals surface area contributed by atoms with Gasteiger partial charge in [-0.3, -0.25) is 4.79 Å². The van der Waals surface area contributed by atoms with Crippen LogP contribution < -0.4 is 11.1 Å². The Kier molecular flexibility index (Phi) is 4.17. The van der Waals surface area contributed by atoms with Crippen LogP contribution in [0.2, 0.25) is 5.02 Å². The fraction of sp³-hybridized carbons (Fsp3) is 0.312. The van der Waals surface area contributed by atoms with Gasteiger partial charge in [0.2, 0.25) is 0 Å². The third kappa shape index (κ3) is 3.06. The molecule has 1 heterocycles. The van der Waals surface area contributed by atoms with Crippen molar-refractivity contribution in [2.24, 2.45) is 0 Å². The molecule has 0 bridgehead atoms. The van der Waals surface area contributed by atoms with E-state index in [1.165, 1.54) is 24.2 Å². The first-order valence-electron chi connectivity index (χ1n) is 7.09. The molecule has 0 saturated heterocycles. The topological polar surface area (TPSA) is 55.1 Å². The molecule has 1 saturated carbocycles. The van der Waals surface area contributed by atoms with Crippen molar-refractivity contribution in [3.8, 4) is 11.1 Å².